The molecular formula is C17H21N3O3S. The maximum absolute atomic E-state index is 12.2. The number of aromatic amines is 1. The minimum absolute atomic E-state index is 0.0697. The predicted octanol–water partition coefficient (Wildman–Crippen LogP) is 2.40. The zero-order valence-electron chi connectivity index (χ0n) is 13.8. The van der Waals surface area contributed by atoms with Crippen molar-refractivity contribution in [1.82, 2.24) is 10.2 Å². The Hall–Kier alpha value is -2.15. The number of nitrogens with one attached hydrogen (secondary N) is 1. The van der Waals surface area contributed by atoms with Crippen molar-refractivity contribution >= 4 is 21.3 Å². The zero-order valence-corrected chi connectivity index (χ0v) is 14.6. The fraction of sp³-hybridized carbons (Fsp3) is 0.412. The average molecular weight is 347 g/mol. The topological polar surface area (TPSA) is 83.1 Å². The summed E-state index contributed by atoms with van der Waals surface area (Å²) >= 11 is 0. The van der Waals surface area contributed by atoms with Crippen LogP contribution in [0.3, 0.4) is 0 Å². The van der Waals surface area contributed by atoms with Crippen molar-refractivity contribution in [1.29, 1.82) is 0 Å². The summed E-state index contributed by atoms with van der Waals surface area (Å²) in [6.45, 7) is 2.98. The van der Waals surface area contributed by atoms with E-state index in [2.05, 4.69) is 15.1 Å². The normalized spacial score (nSPS) is 18.6. The minimum Gasteiger partial charge on any atom is -0.370 e. The first-order valence-corrected chi connectivity index (χ1v) is 9.84. The second kappa shape index (κ2) is 6.39. The summed E-state index contributed by atoms with van der Waals surface area (Å²) in [5.41, 5.74) is 2.28. The lowest BCUT2D eigenvalue weighted by atomic mass is 9.92. The Balaban J connectivity index is 2.00. The van der Waals surface area contributed by atoms with Crippen molar-refractivity contribution < 1.29 is 13.2 Å². The Morgan fingerprint density at radius 2 is 2.17 bits per heavy atom. The quantitative estimate of drug-likeness (QED) is 0.859. The largest absolute Gasteiger partial charge is 0.370 e. The number of rotatable bonds is 4. The number of carbonyl (C=O) groups excluding carboxylic acids is 1. The summed E-state index contributed by atoms with van der Waals surface area (Å²) in [6, 6.07) is 4.83. The molecule has 0 amide bonds. The SMILES string of the molecule is CC(=O)c1ccc(S(C)(=O)=O)c(N2CCC[C@H](c3cn[nH]c3)C2)c1. The third-order valence-corrected chi connectivity index (χ3v) is 5.66. The predicted molar refractivity (Wildman–Crippen MR) is 92.3 cm³/mol. The van der Waals surface area contributed by atoms with Crippen LogP contribution in [0.15, 0.2) is 35.5 Å². The van der Waals surface area contributed by atoms with Gasteiger partial charge < -0.3 is 4.90 Å². The average Bonchev–Trinajstić information content (AvgIpc) is 3.08. The third-order valence-electron chi connectivity index (χ3n) is 4.52. The van der Waals surface area contributed by atoms with E-state index in [4.69, 9.17) is 0 Å². The number of sulfone groups is 1. The lowest BCUT2D eigenvalue weighted by Gasteiger charge is -2.35. The molecular weight excluding hydrogens is 326 g/mol. The van der Waals surface area contributed by atoms with Crippen molar-refractivity contribution in [2.24, 2.45) is 0 Å². The van der Waals surface area contributed by atoms with Crippen LogP contribution >= 0.6 is 0 Å². The van der Waals surface area contributed by atoms with Crippen LogP contribution in [0.1, 0.15) is 41.6 Å². The van der Waals surface area contributed by atoms with Gasteiger partial charge in [0, 0.05) is 37.0 Å². The second-order valence-corrected chi connectivity index (χ2v) is 8.31. The van der Waals surface area contributed by atoms with Gasteiger partial charge in [0.05, 0.1) is 16.8 Å². The highest BCUT2D eigenvalue weighted by atomic mass is 32.2. The molecule has 1 saturated heterocycles. The van der Waals surface area contributed by atoms with Crippen LogP contribution < -0.4 is 4.90 Å². The number of Topliss-reactive ketones (excluding diaryl/α,β-unsaturated/α-hetero) is 1. The highest BCUT2D eigenvalue weighted by Gasteiger charge is 2.26. The Morgan fingerprint density at radius 1 is 1.38 bits per heavy atom. The molecule has 1 fully saturated rings. The van der Waals surface area contributed by atoms with Crippen LogP contribution in [0.2, 0.25) is 0 Å². The fourth-order valence-electron chi connectivity index (χ4n) is 3.25. The molecule has 24 heavy (non-hydrogen) atoms. The van der Waals surface area contributed by atoms with Gasteiger partial charge in [0.2, 0.25) is 0 Å². The first kappa shape index (κ1) is 16.7. The molecule has 1 aliphatic rings. The highest BCUT2D eigenvalue weighted by molar-refractivity contribution is 7.90. The summed E-state index contributed by atoms with van der Waals surface area (Å²) in [6.07, 6.45) is 6.91. The van der Waals surface area contributed by atoms with E-state index in [1.165, 1.54) is 13.2 Å². The molecule has 2 heterocycles. The van der Waals surface area contributed by atoms with E-state index in [1.807, 2.05) is 12.4 Å². The van der Waals surface area contributed by atoms with Gasteiger partial charge in [0.15, 0.2) is 15.6 Å². The summed E-state index contributed by atoms with van der Waals surface area (Å²) in [7, 11) is -3.37. The van der Waals surface area contributed by atoms with Crippen LogP contribution in [0, 0.1) is 0 Å². The Labute approximate surface area is 141 Å². The standard InChI is InChI=1S/C17H21N3O3S/c1-12(21)13-5-6-17(24(2,22)23)16(8-13)20-7-3-4-14(11-20)15-9-18-19-10-15/h5-6,8-10,14H,3-4,7,11H2,1-2H3,(H,18,19)/t14-/m0/s1. The number of anilines is 1. The Morgan fingerprint density at radius 3 is 2.79 bits per heavy atom. The lowest BCUT2D eigenvalue weighted by molar-refractivity contribution is 0.101. The van der Waals surface area contributed by atoms with Crippen LogP contribution in [0.25, 0.3) is 0 Å². The van der Waals surface area contributed by atoms with E-state index >= 15 is 0 Å². The van der Waals surface area contributed by atoms with Gasteiger partial charge in [0.25, 0.3) is 0 Å². The van der Waals surface area contributed by atoms with Crippen molar-refractivity contribution in [3.63, 3.8) is 0 Å². The molecule has 6 nitrogen and oxygen atoms in total. The Kier molecular flexibility index (Phi) is 4.45. The van der Waals surface area contributed by atoms with Gasteiger partial charge >= 0.3 is 0 Å². The lowest BCUT2D eigenvalue weighted by Crippen LogP contribution is -2.35. The fourth-order valence-corrected chi connectivity index (χ4v) is 4.13. The van der Waals surface area contributed by atoms with Gasteiger partial charge in [-0.2, -0.15) is 5.10 Å². The molecule has 1 aromatic carbocycles. The van der Waals surface area contributed by atoms with Crippen molar-refractivity contribution in [3.05, 3.63) is 41.7 Å². The first-order chi connectivity index (χ1) is 11.4. The van der Waals surface area contributed by atoms with Crippen LogP contribution in [0.4, 0.5) is 5.69 Å². The highest BCUT2D eigenvalue weighted by Crippen LogP contribution is 2.33. The van der Waals surface area contributed by atoms with E-state index in [0.717, 1.165) is 24.9 Å². The number of hydrogen-bond donors (Lipinski definition) is 1. The van der Waals surface area contributed by atoms with Crippen LogP contribution in [-0.4, -0.2) is 43.7 Å². The molecule has 1 N–H and O–H groups in total. The van der Waals surface area contributed by atoms with Crippen LogP contribution in [-0.2, 0) is 9.84 Å². The number of benzene rings is 1. The molecule has 0 spiro atoms. The maximum atomic E-state index is 12.2. The summed E-state index contributed by atoms with van der Waals surface area (Å²) in [5, 5.41) is 6.84. The van der Waals surface area contributed by atoms with Gasteiger partial charge in [-0.3, -0.25) is 9.89 Å². The van der Waals surface area contributed by atoms with Crippen LogP contribution in [0.5, 0.6) is 0 Å². The molecule has 0 saturated carbocycles. The minimum atomic E-state index is -3.37. The van der Waals surface area contributed by atoms with Gasteiger partial charge in [0.1, 0.15) is 0 Å². The van der Waals surface area contributed by atoms with E-state index in [9.17, 15) is 13.2 Å². The van der Waals surface area contributed by atoms with Gasteiger partial charge in [-0.25, -0.2) is 8.42 Å². The van der Waals surface area contributed by atoms with Gasteiger partial charge in [-0.15, -0.1) is 0 Å². The maximum Gasteiger partial charge on any atom is 0.177 e. The molecule has 128 valence electrons. The molecule has 3 rings (SSSR count). The van der Waals surface area contributed by atoms with Crippen molar-refractivity contribution in [3.8, 4) is 0 Å². The summed E-state index contributed by atoms with van der Waals surface area (Å²) < 4.78 is 24.3. The monoisotopic (exact) mass is 347 g/mol. The number of carbonyl (C=O) groups is 1. The number of hydrogen-bond acceptors (Lipinski definition) is 5. The van der Waals surface area contributed by atoms with Gasteiger partial charge in [-0.05, 0) is 43.5 Å². The van der Waals surface area contributed by atoms with Gasteiger partial charge in [-0.1, -0.05) is 0 Å². The number of aromatic nitrogens is 2. The smallest absolute Gasteiger partial charge is 0.177 e. The molecule has 0 unspecified atom stereocenters. The molecule has 0 aliphatic carbocycles. The zero-order chi connectivity index (χ0) is 17.3. The van der Waals surface area contributed by atoms with E-state index in [1.54, 1.807) is 18.2 Å². The third kappa shape index (κ3) is 3.36. The first-order valence-electron chi connectivity index (χ1n) is 7.95. The number of H-pyrrole nitrogens is 1. The van der Waals surface area contributed by atoms with E-state index in [0.29, 0.717) is 23.7 Å². The molecule has 7 heteroatoms. The van der Waals surface area contributed by atoms with E-state index < -0.39 is 9.84 Å². The van der Waals surface area contributed by atoms with Crippen molar-refractivity contribution in [2.45, 2.75) is 30.6 Å². The number of piperidine rings is 1. The molecule has 0 bridgehead atoms. The van der Waals surface area contributed by atoms with E-state index in [-0.39, 0.29) is 10.7 Å². The number of ketones is 1. The number of nitrogens with zero attached hydrogens (tertiary/aromatic N) is 2. The Bertz CT molecular complexity index is 844. The molecule has 0 radical (unpaired) electrons. The summed E-state index contributed by atoms with van der Waals surface area (Å²) in [5.74, 6) is 0.227. The molecule has 1 atom stereocenters. The molecule has 1 aliphatic heterocycles. The summed E-state index contributed by atoms with van der Waals surface area (Å²) in [4.78, 5) is 14.1. The second-order valence-electron chi connectivity index (χ2n) is 6.33. The molecule has 2 aromatic rings. The molecule has 1 aromatic heterocycles. The van der Waals surface area contributed by atoms with Crippen molar-refractivity contribution in [2.75, 3.05) is 24.2 Å².